The highest BCUT2D eigenvalue weighted by atomic mass is 16.2. The first-order valence-electron chi connectivity index (χ1n) is 4.44. The second kappa shape index (κ2) is 3.56. The van der Waals surface area contributed by atoms with Gasteiger partial charge in [0.1, 0.15) is 0 Å². The molecule has 0 amide bonds. The molecular formula is C9H10N4O2. The number of aryl methyl sites for hydroxylation is 1. The number of H-pyrrole nitrogens is 1. The van der Waals surface area contributed by atoms with Crippen molar-refractivity contribution in [1.29, 1.82) is 0 Å². The molecule has 2 aromatic heterocycles. The van der Waals surface area contributed by atoms with Gasteiger partial charge in [0.05, 0.1) is 12.2 Å². The summed E-state index contributed by atoms with van der Waals surface area (Å²) in [4.78, 5) is 25.1. The van der Waals surface area contributed by atoms with Crippen LogP contribution in [0.4, 0.5) is 0 Å². The fraction of sp³-hybridized carbons (Fsp3) is 0.222. The van der Waals surface area contributed by atoms with Crippen molar-refractivity contribution in [3.8, 4) is 0 Å². The van der Waals surface area contributed by atoms with E-state index in [4.69, 9.17) is 0 Å². The quantitative estimate of drug-likeness (QED) is 0.707. The zero-order valence-corrected chi connectivity index (χ0v) is 8.17. The van der Waals surface area contributed by atoms with E-state index in [9.17, 15) is 9.59 Å². The van der Waals surface area contributed by atoms with Crippen LogP contribution in [0, 0.1) is 0 Å². The topological polar surface area (TPSA) is 72.7 Å². The molecule has 0 fully saturated rings. The molecule has 0 aliphatic rings. The van der Waals surface area contributed by atoms with Gasteiger partial charge < -0.3 is 4.98 Å². The lowest BCUT2D eigenvalue weighted by atomic mass is 10.4. The fourth-order valence-electron chi connectivity index (χ4n) is 1.31. The molecule has 0 aromatic carbocycles. The van der Waals surface area contributed by atoms with Gasteiger partial charge in [-0.05, 0) is 6.07 Å². The van der Waals surface area contributed by atoms with Crippen LogP contribution in [0.1, 0.15) is 5.69 Å². The van der Waals surface area contributed by atoms with E-state index >= 15 is 0 Å². The van der Waals surface area contributed by atoms with E-state index in [1.54, 1.807) is 24.0 Å². The third kappa shape index (κ3) is 1.88. The first-order valence-corrected chi connectivity index (χ1v) is 4.44. The average molecular weight is 206 g/mol. The molecule has 0 saturated heterocycles. The Kier molecular flexibility index (Phi) is 2.24. The third-order valence-corrected chi connectivity index (χ3v) is 2.03. The number of aromatic nitrogens is 4. The van der Waals surface area contributed by atoms with Crippen molar-refractivity contribution >= 4 is 0 Å². The van der Waals surface area contributed by atoms with Crippen molar-refractivity contribution in [2.45, 2.75) is 6.54 Å². The van der Waals surface area contributed by atoms with E-state index in [0.717, 1.165) is 4.57 Å². The number of nitrogens with one attached hydrogen (secondary N) is 1. The van der Waals surface area contributed by atoms with Gasteiger partial charge in [-0.3, -0.25) is 14.0 Å². The van der Waals surface area contributed by atoms with Gasteiger partial charge in [0.2, 0.25) is 0 Å². The summed E-state index contributed by atoms with van der Waals surface area (Å²) in [5.74, 6) is 0. The Hall–Kier alpha value is -2.11. The highest BCUT2D eigenvalue weighted by Crippen LogP contribution is 1.93. The van der Waals surface area contributed by atoms with Crippen LogP contribution < -0.4 is 11.2 Å². The molecule has 2 rings (SSSR count). The number of nitrogens with zero attached hydrogens (tertiary/aromatic N) is 3. The van der Waals surface area contributed by atoms with Gasteiger partial charge in [-0.1, -0.05) is 0 Å². The largest absolute Gasteiger partial charge is 0.328 e. The maximum atomic E-state index is 11.4. The van der Waals surface area contributed by atoms with Gasteiger partial charge >= 0.3 is 5.69 Å². The van der Waals surface area contributed by atoms with Gasteiger partial charge in [0.15, 0.2) is 0 Å². The number of hydrogen-bond acceptors (Lipinski definition) is 3. The lowest BCUT2D eigenvalue weighted by molar-refractivity contribution is 0.660. The Morgan fingerprint density at radius 1 is 1.40 bits per heavy atom. The van der Waals surface area contributed by atoms with Crippen LogP contribution in [0.3, 0.4) is 0 Å². The van der Waals surface area contributed by atoms with E-state index in [-0.39, 0.29) is 12.1 Å². The normalized spacial score (nSPS) is 10.5. The molecular weight excluding hydrogens is 196 g/mol. The lowest BCUT2D eigenvalue weighted by Crippen LogP contribution is -2.34. The maximum Gasteiger partial charge on any atom is 0.328 e. The van der Waals surface area contributed by atoms with Gasteiger partial charge in [-0.2, -0.15) is 5.10 Å². The van der Waals surface area contributed by atoms with E-state index in [2.05, 4.69) is 10.1 Å². The monoisotopic (exact) mass is 206 g/mol. The minimum atomic E-state index is -0.423. The molecule has 6 heteroatoms. The van der Waals surface area contributed by atoms with Gasteiger partial charge in [0.25, 0.3) is 5.56 Å². The minimum absolute atomic E-state index is 0.190. The van der Waals surface area contributed by atoms with Crippen LogP contribution in [0.25, 0.3) is 0 Å². The molecule has 0 saturated carbocycles. The molecule has 2 aromatic rings. The average Bonchev–Trinajstić information content (AvgIpc) is 2.58. The van der Waals surface area contributed by atoms with E-state index in [1.165, 1.54) is 12.3 Å². The van der Waals surface area contributed by atoms with E-state index in [1.807, 2.05) is 0 Å². The Balaban J connectivity index is 2.40. The first kappa shape index (κ1) is 9.45. The number of hydrogen-bond donors (Lipinski definition) is 1. The van der Waals surface area contributed by atoms with Crippen molar-refractivity contribution in [2.24, 2.45) is 7.05 Å². The highest BCUT2D eigenvalue weighted by molar-refractivity contribution is 5.00. The predicted molar refractivity (Wildman–Crippen MR) is 53.6 cm³/mol. The van der Waals surface area contributed by atoms with Crippen molar-refractivity contribution < 1.29 is 0 Å². The molecule has 0 atom stereocenters. The Labute approximate surface area is 84.8 Å². The SMILES string of the molecule is Cn1ccc(Cn2c(=O)cc[nH]c2=O)n1. The molecule has 0 aliphatic carbocycles. The number of rotatable bonds is 2. The van der Waals surface area contributed by atoms with Crippen LogP contribution >= 0.6 is 0 Å². The third-order valence-electron chi connectivity index (χ3n) is 2.03. The van der Waals surface area contributed by atoms with Crippen molar-refractivity contribution in [2.75, 3.05) is 0 Å². The summed E-state index contributed by atoms with van der Waals surface area (Å²) < 4.78 is 2.72. The molecule has 0 aliphatic heterocycles. The Morgan fingerprint density at radius 3 is 2.80 bits per heavy atom. The summed E-state index contributed by atoms with van der Waals surface area (Å²) in [6.07, 6.45) is 3.09. The highest BCUT2D eigenvalue weighted by Gasteiger charge is 2.03. The zero-order valence-electron chi connectivity index (χ0n) is 8.17. The molecule has 6 nitrogen and oxygen atoms in total. The summed E-state index contributed by atoms with van der Waals surface area (Å²) >= 11 is 0. The second-order valence-electron chi connectivity index (χ2n) is 3.19. The van der Waals surface area contributed by atoms with Crippen LogP contribution in [0.5, 0.6) is 0 Å². The number of aromatic amines is 1. The van der Waals surface area contributed by atoms with Crippen molar-refractivity contribution in [1.82, 2.24) is 19.3 Å². The lowest BCUT2D eigenvalue weighted by Gasteiger charge is -1.99. The van der Waals surface area contributed by atoms with Crippen molar-refractivity contribution in [3.05, 3.63) is 51.1 Å². The second-order valence-corrected chi connectivity index (χ2v) is 3.19. The molecule has 15 heavy (non-hydrogen) atoms. The summed E-state index contributed by atoms with van der Waals surface area (Å²) in [6, 6.07) is 3.07. The standard InChI is InChI=1S/C9H10N4O2/c1-12-5-3-7(11-12)6-13-8(14)2-4-10-9(13)15/h2-5H,6H2,1H3,(H,10,15). The van der Waals surface area contributed by atoms with Crippen molar-refractivity contribution in [3.63, 3.8) is 0 Å². The molecule has 0 bridgehead atoms. The maximum absolute atomic E-state index is 11.4. The molecule has 0 unspecified atom stereocenters. The summed E-state index contributed by atoms with van der Waals surface area (Å²) in [7, 11) is 1.78. The molecule has 0 radical (unpaired) electrons. The molecule has 1 N–H and O–H groups in total. The van der Waals surface area contributed by atoms with Crippen LogP contribution in [0.15, 0.2) is 34.1 Å². The smallest absolute Gasteiger partial charge is 0.314 e. The van der Waals surface area contributed by atoms with E-state index < -0.39 is 5.69 Å². The summed E-state index contributed by atoms with van der Waals surface area (Å²) in [5.41, 5.74) is -0.0751. The summed E-state index contributed by atoms with van der Waals surface area (Å²) in [5, 5.41) is 4.09. The van der Waals surface area contributed by atoms with Crippen LogP contribution in [-0.2, 0) is 13.6 Å². The molecule has 2 heterocycles. The predicted octanol–water partition coefficient (Wildman–Crippen LogP) is -0.682. The fourth-order valence-corrected chi connectivity index (χ4v) is 1.31. The van der Waals surface area contributed by atoms with Crippen LogP contribution in [0.2, 0.25) is 0 Å². The Bertz CT molecular complexity index is 550. The molecule has 0 spiro atoms. The molecule has 78 valence electrons. The first-order chi connectivity index (χ1) is 7.16. The van der Waals surface area contributed by atoms with E-state index in [0.29, 0.717) is 5.69 Å². The van der Waals surface area contributed by atoms with Gasteiger partial charge in [-0.15, -0.1) is 0 Å². The Morgan fingerprint density at radius 2 is 2.20 bits per heavy atom. The minimum Gasteiger partial charge on any atom is -0.314 e. The summed E-state index contributed by atoms with van der Waals surface area (Å²) in [6.45, 7) is 0.190. The van der Waals surface area contributed by atoms with Gasteiger partial charge in [-0.25, -0.2) is 4.79 Å². The zero-order chi connectivity index (χ0) is 10.8. The van der Waals surface area contributed by atoms with Crippen LogP contribution in [-0.4, -0.2) is 19.3 Å². The van der Waals surface area contributed by atoms with Gasteiger partial charge in [0, 0.05) is 25.5 Å².